The monoisotopic (exact) mass is 209 g/mol. The Labute approximate surface area is 111 Å². The van der Waals surface area contributed by atoms with Crippen LogP contribution in [0.1, 0.15) is 5.56 Å². The maximum absolute atomic E-state index is 10.8. The molecule has 0 aliphatic carbocycles. The van der Waals surface area contributed by atoms with E-state index in [9.17, 15) is 4.79 Å². The average molecular weight is 209 g/mol. The first-order chi connectivity index (χ1) is 6.77. The number of carbonyl (C=O) groups is 1. The molecule has 0 aliphatic heterocycles. The molecule has 0 aliphatic rings. The van der Waals surface area contributed by atoms with Gasteiger partial charge in [-0.1, -0.05) is 42.5 Å². The molecular formula is C12H12NNaO. The van der Waals surface area contributed by atoms with Gasteiger partial charge in [-0.05, 0) is 16.3 Å². The van der Waals surface area contributed by atoms with Crippen molar-refractivity contribution in [1.29, 1.82) is 0 Å². The van der Waals surface area contributed by atoms with Gasteiger partial charge in [0.15, 0.2) is 0 Å². The normalized spacial score (nSPS) is 9.60. The van der Waals surface area contributed by atoms with Crippen LogP contribution in [0.2, 0.25) is 0 Å². The summed E-state index contributed by atoms with van der Waals surface area (Å²) < 4.78 is 0. The molecule has 0 aromatic heterocycles. The Morgan fingerprint density at radius 1 is 1.07 bits per heavy atom. The minimum absolute atomic E-state index is 0. The summed E-state index contributed by atoms with van der Waals surface area (Å²) in [6.45, 7) is 0. The molecular weight excluding hydrogens is 197 g/mol. The molecule has 0 fully saturated rings. The molecule has 2 aromatic carbocycles. The van der Waals surface area contributed by atoms with E-state index < -0.39 is 0 Å². The van der Waals surface area contributed by atoms with Crippen LogP contribution in [-0.4, -0.2) is 35.5 Å². The number of hydrogen-bond acceptors (Lipinski definition) is 1. The fourth-order valence-corrected chi connectivity index (χ4v) is 1.63. The van der Waals surface area contributed by atoms with Gasteiger partial charge in [0.25, 0.3) is 0 Å². The van der Waals surface area contributed by atoms with Gasteiger partial charge in [-0.25, -0.2) is 0 Å². The summed E-state index contributed by atoms with van der Waals surface area (Å²) in [4.78, 5) is 10.8. The minimum atomic E-state index is -0.290. The summed E-state index contributed by atoms with van der Waals surface area (Å²) in [5.74, 6) is -0.290. The summed E-state index contributed by atoms with van der Waals surface area (Å²) in [5, 5.41) is 2.25. The SMILES string of the molecule is NC(=O)Cc1cccc2ccccc12.[NaH]. The van der Waals surface area contributed by atoms with E-state index in [2.05, 4.69) is 0 Å². The van der Waals surface area contributed by atoms with Gasteiger partial charge in [-0.2, -0.15) is 0 Å². The molecule has 2 nitrogen and oxygen atoms in total. The van der Waals surface area contributed by atoms with E-state index in [1.807, 2.05) is 42.5 Å². The van der Waals surface area contributed by atoms with Crippen molar-refractivity contribution in [2.75, 3.05) is 0 Å². The molecule has 1 amide bonds. The van der Waals surface area contributed by atoms with E-state index in [-0.39, 0.29) is 35.5 Å². The van der Waals surface area contributed by atoms with Crippen molar-refractivity contribution >= 4 is 46.2 Å². The van der Waals surface area contributed by atoms with Crippen molar-refractivity contribution in [3.05, 3.63) is 48.0 Å². The standard InChI is InChI=1S/C12H11NO.Na.H/c13-12(14)8-10-6-3-5-9-4-1-2-7-11(9)10;;/h1-7H,8H2,(H2,13,14);;. The number of nitrogens with two attached hydrogens (primary N) is 1. The van der Waals surface area contributed by atoms with Crippen LogP contribution in [0.4, 0.5) is 0 Å². The Bertz CT molecular complexity index is 477. The van der Waals surface area contributed by atoms with Crippen LogP contribution in [0.3, 0.4) is 0 Å². The van der Waals surface area contributed by atoms with E-state index in [1.165, 1.54) is 0 Å². The van der Waals surface area contributed by atoms with Crippen molar-refractivity contribution in [3.63, 3.8) is 0 Å². The zero-order chi connectivity index (χ0) is 9.97. The molecule has 0 radical (unpaired) electrons. The number of primary amides is 1. The Morgan fingerprint density at radius 3 is 2.47 bits per heavy atom. The van der Waals surface area contributed by atoms with Crippen molar-refractivity contribution in [2.24, 2.45) is 5.73 Å². The number of carbonyl (C=O) groups excluding carboxylic acids is 1. The van der Waals surface area contributed by atoms with Gasteiger partial charge in [0.05, 0.1) is 6.42 Å². The summed E-state index contributed by atoms with van der Waals surface area (Å²) in [5.41, 5.74) is 6.17. The van der Waals surface area contributed by atoms with Gasteiger partial charge >= 0.3 is 29.6 Å². The number of amides is 1. The quantitative estimate of drug-likeness (QED) is 0.742. The predicted octanol–water partition coefficient (Wildman–Crippen LogP) is 1.22. The van der Waals surface area contributed by atoms with E-state index in [0.29, 0.717) is 6.42 Å². The first kappa shape index (κ1) is 12.2. The van der Waals surface area contributed by atoms with Gasteiger partial charge in [0, 0.05) is 0 Å². The molecule has 2 aromatic rings. The van der Waals surface area contributed by atoms with Crippen LogP contribution in [0.25, 0.3) is 10.8 Å². The maximum atomic E-state index is 10.8. The van der Waals surface area contributed by atoms with Gasteiger partial charge in [0.1, 0.15) is 0 Å². The van der Waals surface area contributed by atoms with Crippen molar-refractivity contribution in [1.82, 2.24) is 0 Å². The molecule has 0 unspecified atom stereocenters. The third-order valence-electron chi connectivity index (χ3n) is 2.24. The Hall–Kier alpha value is -0.830. The average Bonchev–Trinajstić information content (AvgIpc) is 2.18. The van der Waals surface area contributed by atoms with Gasteiger partial charge in [0.2, 0.25) is 5.91 Å². The molecule has 72 valence electrons. The Morgan fingerprint density at radius 2 is 1.73 bits per heavy atom. The molecule has 0 heterocycles. The van der Waals surface area contributed by atoms with E-state index >= 15 is 0 Å². The second-order valence-electron chi connectivity index (χ2n) is 3.28. The van der Waals surface area contributed by atoms with Crippen LogP contribution in [0, 0.1) is 0 Å². The van der Waals surface area contributed by atoms with Gasteiger partial charge < -0.3 is 5.73 Å². The van der Waals surface area contributed by atoms with E-state index in [0.717, 1.165) is 16.3 Å². The Balaban J connectivity index is 0.00000112. The zero-order valence-electron chi connectivity index (χ0n) is 7.73. The molecule has 2 rings (SSSR count). The van der Waals surface area contributed by atoms with Crippen LogP contribution in [0.15, 0.2) is 42.5 Å². The molecule has 0 spiro atoms. The number of hydrogen-bond donors (Lipinski definition) is 1. The molecule has 3 heteroatoms. The van der Waals surface area contributed by atoms with Crippen molar-refractivity contribution in [3.8, 4) is 0 Å². The van der Waals surface area contributed by atoms with E-state index in [1.54, 1.807) is 0 Å². The fraction of sp³-hybridized carbons (Fsp3) is 0.0833. The molecule has 0 atom stereocenters. The van der Waals surface area contributed by atoms with Gasteiger partial charge in [-0.3, -0.25) is 4.79 Å². The third kappa shape index (κ3) is 2.81. The molecule has 0 saturated heterocycles. The van der Waals surface area contributed by atoms with Crippen LogP contribution in [-0.2, 0) is 11.2 Å². The summed E-state index contributed by atoms with van der Waals surface area (Å²) in [6, 6.07) is 13.9. The zero-order valence-corrected chi connectivity index (χ0v) is 7.73. The van der Waals surface area contributed by atoms with Crippen molar-refractivity contribution in [2.45, 2.75) is 6.42 Å². The van der Waals surface area contributed by atoms with Crippen LogP contribution < -0.4 is 5.73 Å². The second kappa shape index (κ2) is 5.31. The predicted molar refractivity (Wildman–Crippen MR) is 64.0 cm³/mol. The molecule has 0 saturated carbocycles. The molecule has 0 bridgehead atoms. The van der Waals surface area contributed by atoms with Crippen molar-refractivity contribution < 1.29 is 4.79 Å². The molecule has 2 N–H and O–H groups in total. The molecule has 15 heavy (non-hydrogen) atoms. The summed E-state index contributed by atoms with van der Waals surface area (Å²) in [7, 11) is 0. The topological polar surface area (TPSA) is 43.1 Å². The number of rotatable bonds is 2. The Kier molecular flexibility index (Phi) is 4.33. The number of benzene rings is 2. The number of fused-ring (bicyclic) bond motifs is 1. The third-order valence-corrected chi connectivity index (χ3v) is 2.24. The van der Waals surface area contributed by atoms with Crippen LogP contribution in [0.5, 0.6) is 0 Å². The van der Waals surface area contributed by atoms with Crippen LogP contribution >= 0.6 is 0 Å². The summed E-state index contributed by atoms with van der Waals surface area (Å²) >= 11 is 0. The first-order valence-electron chi connectivity index (χ1n) is 4.52. The first-order valence-corrected chi connectivity index (χ1v) is 4.52. The fourth-order valence-electron chi connectivity index (χ4n) is 1.63. The second-order valence-corrected chi connectivity index (χ2v) is 3.28. The van der Waals surface area contributed by atoms with Gasteiger partial charge in [-0.15, -0.1) is 0 Å². The summed E-state index contributed by atoms with van der Waals surface area (Å²) in [6.07, 6.45) is 0.307. The van der Waals surface area contributed by atoms with E-state index in [4.69, 9.17) is 5.73 Å².